The van der Waals surface area contributed by atoms with E-state index in [9.17, 15) is 4.39 Å². The third-order valence-corrected chi connectivity index (χ3v) is 3.73. The molecule has 0 aromatic heterocycles. The average molecular weight is 298 g/mol. The maximum atomic E-state index is 13.9. The molecule has 1 unspecified atom stereocenters. The van der Waals surface area contributed by atoms with Crippen molar-refractivity contribution in [2.75, 3.05) is 0 Å². The predicted molar refractivity (Wildman–Crippen MR) is 73.5 cm³/mol. The van der Waals surface area contributed by atoms with Crippen LogP contribution in [0.1, 0.15) is 32.8 Å². The fourth-order valence-corrected chi connectivity index (χ4v) is 2.78. The van der Waals surface area contributed by atoms with Gasteiger partial charge in [-0.15, -0.1) is 0 Å². The van der Waals surface area contributed by atoms with Crippen LogP contribution in [0.4, 0.5) is 4.39 Å². The van der Waals surface area contributed by atoms with Crippen LogP contribution in [0, 0.1) is 11.7 Å². The second kappa shape index (κ2) is 5.34. The SMILES string of the molecule is CC(C)C(C)(CC(Cl)(Cl)Cl)c1ccccc1F. The van der Waals surface area contributed by atoms with Gasteiger partial charge in [0.05, 0.1) is 0 Å². The van der Waals surface area contributed by atoms with E-state index in [0.29, 0.717) is 5.56 Å². The normalized spacial score (nSPS) is 16.0. The smallest absolute Gasteiger partial charge is 0.191 e. The molecule has 0 saturated carbocycles. The monoisotopic (exact) mass is 296 g/mol. The van der Waals surface area contributed by atoms with Gasteiger partial charge in [-0.2, -0.15) is 0 Å². The maximum Gasteiger partial charge on any atom is 0.191 e. The number of alkyl halides is 3. The molecule has 0 nitrogen and oxygen atoms in total. The molecule has 1 aromatic carbocycles. The Kier molecular flexibility index (Phi) is 4.73. The van der Waals surface area contributed by atoms with Crippen molar-refractivity contribution in [3.63, 3.8) is 0 Å². The molecule has 0 bridgehead atoms. The molecule has 0 spiro atoms. The molecule has 4 heteroatoms. The molecule has 1 rings (SSSR count). The van der Waals surface area contributed by atoms with E-state index < -0.39 is 9.21 Å². The summed E-state index contributed by atoms with van der Waals surface area (Å²) < 4.78 is 12.5. The summed E-state index contributed by atoms with van der Waals surface area (Å²) in [5, 5.41) is 0. The van der Waals surface area contributed by atoms with Crippen LogP contribution in [0.3, 0.4) is 0 Å². The lowest BCUT2D eigenvalue weighted by Crippen LogP contribution is -2.34. The third-order valence-electron chi connectivity index (χ3n) is 3.33. The highest BCUT2D eigenvalue weighted by atomic mass is 35.6. The van der Waals surface area contributed by atoms with Crippen molar-refractivity contribution in [2.24, 2.45) is 5.92 Å². The second-order valence-corrected chi connectivity index (χ2v) is 7.36. The van der Waals surface area contributed by atoms with E-state index in [4.69, 9.17) is 34.8 Å². The highest BCUT2D eigenvalue weighted by Crippen LogP contribution is 2.45. The maximum absolute atomic E-state index is 13.9. The average Bonchev–Trinajstić information content (AvgIpc) is 2.15. The van der Waals surface area contributed by atoms with E-state index in [2.05, 4.69) is 0 Å². The lowest BCUT2D eigenvalue weighted by atomic mass is 9.71. The largest absolute Gasteiger partial charge is 0.207 e. The lowest BCUT2D eigenvalue weighted by molar-refractivity contribution is 0.305. The minimum atomic E-state index is -1.39. The van der Waals surface area contributed by atoms with E-state index in [1.807, 2.05) is 20.8 Å². The zero-order valence-corrected chi connectivity index (χ0v) is 12.4. The van der Waals surface area contributed by atoms with Crippen molar-refractivity contribution in [1.82, 2.24) is 0 Å². The van der Waals surface area contributed by atoms with Gasteiger partial charge in [0.25, 0.3) is 0 Å². The van der Waals surface area contributed by atoms with Gasteiger partial charge >= 0.3 is 0 Å². The molecule has 0 amide bonds. The van der Waals surface area contributed by atoms with Crippen LogP contribution in [0.15, 0.2) is 24.3 Å². The minimum Gasteiger partial charge on any atom is -0.207 e. The van der Waals surface area contributed by atoms with E-state index in [1.54, 1.807) is 18.2 Å². The zero-order chi connectivity index (χ0) is 13.3. The molecule has 0 heterocycles. The molecule has 0 aliphatic carbocycles. The minimum absolute atomic E-state index is 0.162. The first-order chi connectivity index (χ1) is 7.67. The van der Waals surface area contributed by atoms with Crippen molar-refractivity contribution in [1.29, 1.82) is 0 Å². The third kappa shape index (κ3) is 3.74. The molecule has 17 heavy (non-hydrogen) atoms. The van der Waals surface area contributed by atoms with Crippen LogP contribution >= 0.6 is 34.8 Å². The first-order valence-electron chi connectivity index (χ1n) is 5.48. The first-order valence-corrected chi connectivity index (χ1v) is 6.62. The topological polar surface area (TPSA) is 0 Å². The van der Waals surface area contributed by atoms with E-state index in [-0.39, 0.29) is 18.2 Å². The van der Waals surface area contributed by atoms with Crippen molar-refractivity contribution in [3.8, 4) is 0 Å². The quantitative estimate of drug-likeness (QED) is 0.646. The van der Waals surface area contributed by atoms with Crippen LogP contribution in [0.25, 0.3) is 0 Å². The molecule has 0 aliphatic heterocycles. The second-order valence-electron chi connectivity index (χ2n) is 4.84. The highest BCUT2D eigenvalue weighted by molar-refractivity contribution is 6.67. The summed E-state index contributed by atoms with van der Waals surface area (Å²) in [4.78, 5) is 0. The number of benzene rings is 1. The zero-order valence-electron chi connectivity index (χ0n) is 10.1. The Morgan fingerprint density at radius 3 is 2.12 bits per heavy atom. The Bertz CT molecular complexity index is 384. The Morgan fingerprint density at radius 2 is 1.71 bits per heavy atom. The summed E-state index contributed by atoms with van der Waals surface area (Å²) in [7, 11) is 0. The van der Waals surface area contributed by atoms with Crippen LogP contribution in [-0.4, -0.2) is 3.79 Å². The van der Waals surface area contributed by atoms with Gasteiger partial charge in [-0.05, 0) is 17.5 Å². The molecule has 0 aliphatic rings. The van der Waals surface area contributed by atoms with Gasteiger partial charge in [-0.25, -0.2) is 4.39 Å². The fourth-order valence-electron chi connectivity index (χ4n) is 1.95. The summed E-state index contributed by atoms with van der Waals surface area (Å²) in [5.74, 6) is -0.0898. The number of hydrogen-bond donors (Lipinski definition) is 0. The summed E-state index contributed by atoms with van der Waals surface area (Å²) in [6.45, 7) is 5.93. The van der Waals surface area contributed by atoms with E-state index >= 15 is 0 Å². The molecule has 1 aromatic rings. The van der Waals surface area contributed by atoms with Gasteiger partial charge in [0.1, 0.15) is 5.82 Å². The van der Waals surface area contributed by atoms with E-state index in [1.165, 1.54) is 6.07 Å². The van der Waals surface area contributed by atoms with Gasteiger partial charge in [0.15, 0.2) is 3.79 Å². The Balaban J connectivity index is 3.22. The molecule has 96 valence electrons. The lowest BCUT2D eigenvalue weighted by Gasteiger charge is -2.37. The van der Waals surface area contributed by atoms with Gasteiger partial charge in [0, 0.05) is 11.8 Å². The highest BCUT2D eigenvalue weighted by Gasteiger charge is 2.39. The summed E-state index contributed by atoms with van der Waals surface area (Å²) in [6.07, 6.45) is 0.281. The number of hydrogen-bond acceptors (Lipinski definition) is 0. The Morgan fingerprint density at radius 1 is 1.18 bits per heavy atom. The first kappa shape index (κ1) is 15.1. The molecule has 0 radical (unpaired) electrons. The van der Waals surface area contributed by atoms with Gasteiger partial charge in [0.2, 0.25) is 0 Å². The van der Waals surface area contributed by atoms with Crippen molar-refractivity contribution in [2.45, 2.75) is 36.4 Å². The molecule has 0 fully saturated rings. The molecule has 0 N–H and O–H groups in total. The summed E-state index contributed by atoms with van der Waals surface area (Å²) in [6, 6.07) is 6.66. The van der Waals surface area contributed by atoms with Crippen molar-refractivity contribution >= 4 is 34.8 Å². The standard InChI is InChI=1S/C13H16Cl3F/c1-9(2)12(3,8-13(14,15)16)10-6-4-5-7-11(10)17/h4-7,9H,8H2,1-3H3. The van der Waals surface area contributed by atoms with Crippen LogP contribution in [-0.2, 0) is 5.41 Å². The molecular formula is C13H16Cl3F. The fraction of sp³-hybridized carbons (Fsp3) is 0.538. The Hall–Kier alpha value is 0.0200. The number of rotatable bonds is 3. The van der Waals surface area contributed by atoms with Crippen LogP contribution in [0.2, 0.25) is 0 Å². The van der Waals surface area contributed by atoms with Crippen molar-refractivity contribution in [3.05, 3.63) is 35.6 Å². The molecular weight excluding hydrogens is 282 g/mol. The van der Waals surface area contributed by atoms with Gasteiger partial charge < -0.3 is 0 Å². The Labute approximate surface area is 117 Å². The number of halogens is 4. The summed E-state index contributed by atoms with van der Waals surface area (Å²) >= 11 is 17.6. The van der Waals surface area contributed by atoms with E-state index in [0.717, 1.165) is 0 Å². The van der Waals surface area contributed by atoms with Gasteiger partial charge in [-0.3, -0.25) is 0 Å². The summed E-state index contributed by atoms with van der Waals surface area (Å²) in [5.41, 5.74) is 0.0951. The molecule has 0 saturated heterocycles. The van der Waals surface area contributed by atoms with Crippen molar-refractivity contribution < 1.29 is 4.39 Å². The van der Waals surface area contributed by atoms with Crippen LogP contribution in [0.5, 0.6) is 0 Å². The van der Waals surface area contributed by atoms with Gasteiger partial charge in [-0.1, -0.05) is 73.8 Å². The van der Waals surface area contributed by atoms with Crippen LogP contribution < -0.4 is 0 Å². The molecule has 1 atom stereocenters. The predicted octanol–water partition coefficient (Wildman–Crippen LogP) is 5.50.